The predicted molar refractivity (Wildman–Crippen MR) is 78.0 cm³/mol. The van der Waals surface area contributed by atoms with Gasteiger partial charge in [0.2, 0.25) is 0 Å². The second-order valence-corrected chi connectivity index (χ2v) is 11.2. The van der Waals surface area contributed by atoms with Gasteiger partial charge in [-0.15, -0.1) is 81.2 Å². The van der Waals surface area contributed by atoms with Crippen LogP contribution in [0.5, 0.6) is 0 Å². The SMILES string of the molecule is ClC1(Cl)C2(Cl)[C@]3(Cl)C4(Cl)C5[C@@]3(Cl)C1(Cl)[C@]5(Cl)[C@@]42Cl. The highest BCUT2D eigenvalue weighted by atomic mass is 35.5. The molecule has 0 N–H and O–H groups in total. The Morgan fingerprint density at radius 3 is 1.17 bits per heavy atom. The molecule has 100 valence electrons. The highest BCUT2D eigenvalue weighted by Crippen LogP contribution is 3.14. The second-order valence-electron chi connectivity index (χ2n) is 5.78. The van der Waals surface area contributed by atoms with E-state index in [1.807, 2.05) is 0 Å². The number of hydrogen-bond donors (Lipinski definition) is 0. The molecule has 8 atom stereocenters. The van der Waals surface area contributed by atoms with E-state index in [-0.39, 0.29) is 5.92 Å². The van der Waals surface area contributed by atoms with Crippen LogP contribution in [-0.4, -0.2) is 38.5 Å². The van der Waals surface area contributed by atoms with Crippen molar-refractivity contribution < 1.29 is 0 Å². The molecule has 9 heteroatoms. The zero-order valence-corrected chi connectivity index (χ0v) is 14.8. The van der Waals surface area contributed by atoms with Gasteiger partial charge in [-0.25, -0.2) is 0 Å². The maximum absolute atomic E-state index is 6.61. The predicted octanol–water partition coefficient (Wildman–Crippen LogP) is 4.69. The zero-order chi connectivity index (χ0) is 13.6. The second kappa shape index (κ2) is 2.36. The molecule has 6 saturated carbocycles. The molecule has 6 aliphatic carbocycles. The van der Waals surface area contributed by atoms with E-state index >= 15 is 0 Å². The fraction of sp³-hybridized carbons (Fsp3) is 1.00. The number of rotatable bonds is 0. The molecule has 18 heavy (non-hydrogen) atoms. The molecule has 0 heterocycles. The topological polar surface area (TPSA) is 0 Å². The minimum atomic E-state index is -1.65. The van der Waals surface area contributed by atoms with Crippen molar-refractivity contribution in [1.82, 2.24) is 0 Å². The summed E-state index contributed by atoms with van der Waals surface area (Å²) in [4.78, 5) is -8.63. The molecular weight excluding hydrogens is 427 g/mol. The van der Waals surface area contributed by atoms with Crippen molar-refractivity contribution in [1.29, 1.82) is 0 Å². The van der Waals surface area contributed by atoms with Crippen molar-refractivity contribution in [3.05, 3.63) is 0 Å². The lowest BCUT2D eigenvalue weighted by Gasteiger charge is -3.01. The van der Waals surface area contributed by atoms with E-state index < -0.39 is 38.5 Å². The van der Waals surface area contributed by atoms with Crippen LogP contribution >= 0.6 is 104 Å². The molecule has 0 aromatic carbocycles. The Labute approximate surface area is 147 Å². The van der Waals surface area contributed by atoms with Crippen LogP contribution in [0.15, 0.2) is 0 Å². The molecule has 0 aromatic rings. The van der Waals surface area contributed by atoms with Gasteiger partial charge in [0, 0.05) is 5.92 Å². The van der Waals surface area contributed by atoms with E-state index in [2.05, 4.69) is 0 Å². The van der Waals surface area contributed by atoms with Gasteiger partial charge < -0.3 is 0 Å². The quantitative estimate of drug-likeness (QED) is 0.492. The van der Waals surface area contributed by atoms with E-state index in [0.29, 0.717) is 0 Å². The van der Waals surface area contributed by atoms with Gasteiger partial charge in [0.15, 0.2) is 4.33 Å². The normalized spacial score (nSPS) is 87.5. The van der Waals surface area contributed by atoms with Crippen molar-refractivity contribution in [3.63, 3.8) is 0 Å². The van der Waals surface area contributed by atoms with Gasteiger partial charge in [-0.05, 0) is 0 Å². The summed E-state index contributed by atoms with van der Waals surface area (Å²) in [5.41, 5.74) is 0. The summed E-state index contributed by atoms with van der Waals surface area (Å²) < 4.78 is -1.65. The average molecular weight is 428 g/mol. The van der Waals surface area contributed by atoms with Crippen molar-refractivity contribution in [3.8, 4) is 0 Å². The Bertz CT molecular complexity index is 545. The highest BCUT2D eigenvalue weighted by molar-refractivity contribution is 6.77. The summed E-state index contributed by atoms with van der Waals surface area (Å²) in [5, 5.41) is 0. The highest BCUT2D eigenvalue weighted by Gasteiger charge is 3.31. The number of halogens is 9. The summed E-state index contributed by atoms with van der Waals surface area (Å²) >= 11 is 59.0. The minimum absolute atomic E-state index is 0.346. The third-order valence-electron chi connectivity index (χ3n) is 6.02. The Morgan fingerprint density at radius 2 is 0.778 bits per heavy atom. The summed E-state index contributed by atoms with van der Waals surface area (Å²) in [6.07, 6.45) is 0. The maximum atomic E-state index is 6.61. The van der Waals surface area contributed by atoms with Crippen LogP contribution in [0.2, 0.25) is 0 Å². The first kappa shape index (κ1) is 13.1. The van der Waals surface area contributed by atoms with Crippen LogP contribution < -0.4 is 0 Å². The molecular formula is C9HCl9. The molecule has 0 radical (unpaired) electrons. The molecule has 6 aliphatic rings. The fourth-order valence-electron chi connectivity index (χ4n) is 5.59. The Hall–Kier alpha value is 2.61. The minimum Gasteiger partial charge on any atom is -0.115 e. The van der Waals surface area contributed by atoms with Crippen LogP contribution in [0.1, 0.15) is 0 Å². The molecule has 0 spiro atoms. The van der Waals surface area contributed by atoms with Crippen LogP contribution in [0.25, 0.3) is 0 Å². The van der Waals surface area contributed by atoms with Crippen LogP contribution in [0, 0.1) is 5.92 Å². The Balaban J connectivity index is 1.99. The van der Waals surface area contributed by atoms with E-state index in [9.17, 15) is 0 Å². The summed E-state index contributed by atoms with van der Waals surface area (Å²) in [6, 6.07) is 0. The van der Waals surface area contributed by atoms with E-state index in [1.165, 1.54) is 0 Å². The van der Waals surface area contributed by atoms with Crippen molar-refractivity contribution in [2.75, 3.05) is 0 Å². The van der Waals surface area contributed by atoms with Crippen molar-refractivity contribution in [2.45, 2.75) is 38.5 Å². The lowest BCUT2D eigenvalue weighted by Crippen LogP contribution is -3.21. The van der Waals surface area contributed by atoms with Gasteiger partial charge in [0.25, 0.3) is 0 Å². The third kappa shape index (κ3) is 0.472. The van der Waals surface area contributed by atoms with Gasteiger partial charge in [-0.2, -0.15) is 0 Å². The molecule has 0 aromatic heterocycles. The zero-order valence-electron chi connectivity index (χ0n) is 7.98. The Kier molecular flexibility index (Phi) is 1.72. The molecule has 6 rings (SSSR count). The average Bonchev–Trinajstić information content (AvgIpc) is 2.34. The largest absolute Gasteiger partial charge is 0.163 e. The fourth-order valence-corrected chi connectivity index (χ4v) is 13.6. The number of alkyl halides is 9. The van der Waals surface area contributed by atoms with Crippen molar-refractivity contribution in [2.24, 2.45) is 5.92 Å². The first-order chi connectivity index (χ1) is 7.87. The molecule has 6 fully saturated rings. The lowest BCUT2D eigenvalue weighted by atomic mass is 9.17. The first-order valence-electron chi connectivity index (χ1n) is 5.07. The summed E-state index contributed by atoms with van der Waals surface area (Å²) in [6.45, 7) is 0. The van der Waals surface area contributed by atoms with Crippen LogP contribution in [0.4, 0.5) is 0 Å². The van der Waals surface area contributed by atoms with Gasteiger partial charge in [-0.1, -0.05) is 23.2 Å². The number of hydrogen-bond acceptors (Lipinski definition) is 0. The van der Waals surface area contributed by atoms with Crippen LogP contribution in [-0.2, 0) is 0 Å². The van der Waals surface area contributed by atoms with Crippen molar-refractivity contribution >= 4 is 104 Å². The van der Waals surface area contributed by atoms with E-state index in [0.717, 1.165) is 0 Å². The van der Waals surface area contributed by atoms with Gasteiger partial charge in [0.1, 0.15) is 19.5 Å². The monoisotopic (exact) mass is 424 g/mol. The maximum Gasteiger partial charge on any atom is 0.163 e. The first-order valence-corrected chi connectivity index (χ1v) is 8.47. The van der Waals surface area contributed by atoms with Crippen LogP contribution in [0.3, 0.4) is 0 Å². The lowest BCUT2D eigenvalue weighted by molar-refractivity contribution is -0.267. The molecule has 4 unspecified atom stereocenters. The molecule has 0 aliphatic heterocycles. The molecule has 0 nitrogen and oxygen atoms in total. The van der Waals surface area contributed by atoms with E-state index in [4.69, 9.17) is 104 Å². The smallest absolute Gasteiger partial charge is 0.115 e. The van der Waals surface area contributed by atoms with E-state index in [1.54, 1.807) is 0 Å². The molecule has 0 amide bonds. The Morgan fingerprint density at radius 1 is 0.444 bits per heavy atom. The van der Waals surface area contributed by atoms with Gasteiger partial charge in [0.05, 0.1) is 14.6 Å². The van der Waals surface area contributed by atoms with Gasteiger partial charge in [-0.3, -0.25) is 0 Å². The summed E-state index contributed by atoms with van der Waals surface area (Å²) in [7, 11) is 0. The molecule has 2 bridgehead atoms. The third-order valence-corrected chi connectivity index (χ3v) is 14.2. The molecule has 0 saturated heterocycles. The standard InChI is InChI=1S/C9HCl9/c10-2-1-3(11)5(2,13)8(16)6(2,14)4(1,12)7(3,15)9(8,17)18/h1H/t1?,2?,3-,4+,5-,6-,7?,8?/m0/s1. The van der Waals surface area contributed by atoms with Gasteiger partial charge >= 0.3 is 0 Å². The summed E-state index contributed by atoms with van der Waals surface area (Å²) in [5.74, 6) is -0.346.